The molecule has 1 atom stereocenters. The molecular weight excluding hydrogens is 448 g/mol. The predicted octanol–water partition coefficient (Wildman–Crippen LogP) is 4.55. The number of hydrogen-bond donors (Lipinski definition) is 1. The van der Waals surface area contributed by atoms with Gasteiger partial charge in [0.05, 0.1) is 5.69 Å². The number of rotatable bonds is 7. The van der Waals surface area contributed by atoms with Gasteiger partial charge < -0.3 is 10.2 Å². The zero-order chi connectivity index (χ0) is 24.1. The molecular formula is C27H31ClN4O2. The van der Waals surface area contributed by atoms with Gasteiger partial charge in [0.25, 0.3) is 5.56 Å². The van der Waals surface area contributed by atoms with Crippen molar-refractivity contribution in [2.75, 3.05) is 18.0 Å². The van der Waals surface area contributed by atoms with Gasteiger partial charge in [-0.3, -0.25) is 9.59 Å². The highest BCUT2D eigenvalue weighted by atomic mass is 35.5. The number of hydrogen-bond acceptors (Lipinski definition) is 4. The first-order valence-electron chi connectivity index (χ1n) is 11.9. The van der Waals surface area contributed by atoms with Gasteiger partial charge in [-0.05, 0) is 68.9 Å². The quantitative estimate of drug-likeness (QED) is 0.541. The van der Waals surface area contributed by atoms with Crippen LogP contribution in [-0.4, -0.2) is 34.8 Å². The van der Waals surface area contributed by atoms with Crippen LogP contribution in [0.25, 0.3) is 5.69 Å². The van der Waals surface area contributed by atoms with Crippen LogP contribution in [0.5, 0.6) is 0 Å². The van der Waals surface area contributed by atoms with Crippen LogP contribution in [0.15, 0.2) is 65.5 Å². The van der Waals surface area contributed by atoms with Crippen molar-refractivity contribution < 1.29 is 4.79 Å². The fraction of sp³-hybridized carbons (Fsp3) is 0.370. The van der Waals surface area contributed by atoms with Gasteiger partial charge in [-0.25, -0.2) is 0 Å². The van der Waals surface area contributed by atoms with Crippen LogP contribution in [0.1, 0.15) is 37.3 Å². The third kappa shape index (κ3) is 5.86. The number of benzene rings is 2. The lowest BCUT2D eigenvalue weighted by Crippen LogP contribution is -2.43. The topological polar surface area (TPSA) is 67.2 Å². The lowest BCUT2D eigenvalue weighted by Gasteiger charge is -2.32. The normalized spacial score (nSPS) is 15.2. The summed E-state index contributed by atoms with van der Waals surface area (Å²) in [5.41, 5.74) is 2.67. The van der Waals surface area contributed by atoms with E-state index >= 15 is 0 Å². The van der Waals surface area contributed by atoms with Crippen molar-refractivity contribution in [2.45, 2.75) is 45.6 Å². The molecule has 1 aliphatic heterocycles. The maximum Gasteiger partial charge on any atom is 0.271 e. The Balaban J connectivity index is 1.33. The van der Waals surface area contributed by atoms with E-state index in [1.165, 1.54) is 16.3 Å². The van der Waals surface area contributed by atoms with E-state index in [-0.39, 0.29) is 23.4 Å². The highest BCUT2D eigenvalue weighted by molar-refractivity contribution is 6.31. The summed E-state index contributed by atoms with van der Waals surface area (Å²) >= 11 is 6.25. The van der Waals surface area contributed by atoms with E-state index in [0.29, 0.717) is 10.7 Å². The van der Waals surface area contributed by atoms with E-state index in [1.807, 2.05) is 37.3 Å². The number of carbonyl (C=O) groups is 1. The number of aryl methyl sites for hydroxylation is 2. The van der Waals surface area contributed by atoms with Crippen LogP contribution < -0.4 is 15.8 Å². The van der Waals surface area contributed by atoms with Crippen LogP contribution in [0, 0.1) is 12.8 Å². The van der Waals surface area contributed by atoms with E-state index in [0.717, 1.165) is 50.2 Å². The highest BCUT2D eigenvalue weighted by Gasteiger charge is 2.26. The largest absolute Gasteiger partial charge is 0.355 e. The third-order valence-corrected chi connectivity index (χ3v) is 6.88. The SMILES string of the molecule is Cc1ccc(-n2nc(N3CCC(C(=O)N[C@@H](C)CCc4ccccc4)CC3)ccc2=O)cc1Cl. The molecule has 4 rings (SSSR count). The molecule has 1 fully saturated rings. The second kappa shape index (κ2) is 10.9. The van der Waals surface area contributed by atoms with Crippen LogP contribution in [0.2, 0.25) is 5.02 Å². The maximum absolute atomic E-state index is 12.8. The minimum atomic E-state index is -0.206. The summed E-state index contributed by atoms with van der Waals surface area (Å²) in [6.45, 7) is 5.43. The van der Waals surface area contributed by atoms with Crippen LogP contribution in [-0.2, 0) is 11.2 Å². The van der Waals surface area contributed by atoms with Crippen molar-refractivity contribution in [3.05, 3.63) is 87.2 Å². The second-order valence-electron chi connectivity index (χ2n) is 9.07. The Morgan fingerprint density at radius 1 is 1.12 bits per heavy atom. The molecule has 1 aliphatic rings. The molecule has 0 unspecified atom stereocenters. The van der Waals surface area contributed by atoms with E-state index < -0.39 is 0 Å². The van der Waals surface area contributed by atoms with Gasteiger partial charge in [-0.15, -0.1) is 5.10 Å². The predicted molar refractivity (Wildman–Crippen MR) is 137 cm³/mol. The molecule has 7 heteroatoms. The summed E-state index contributed by atoms with van der Waals surface area (Å²) in [4.78, 5) is 27.4. The molecule has 1 amide bonds. The number of carbonyl (C=O) groups excluding carboxylic acids is 1. The summed E-state index contributed by atoms with van der Waals surface area (Å²) in [5, 5.41) is 8.37. The van der Waals surface area contributed by atoms with E-state index in [2.05, 4.69) is 34.4 Å². The molecule has 2 heterocycles. The summed E-state index contributed by atoms with van der Waals surface area (Å²) in [6, 6.07) is 19.2. The third-order valence-electron chi connectivity index (χ3n) is 6.47. The number of halogens is 1. The second-order valence-corrected chi connectivity index (χ2v) is 9.48. The summed E-state index contributed by atoms with van der Waals surface area (Å²) < 4.78 is 1.38. The molecule has 2 aromatic carbocycles. The fourth-order valence-electron chi connectivity index (χ4n) is 4.30. The first kappa shape index (κ1) is 24.0. The molecule has 0 spiro atoms. The molecule has 0 saturated carbocycles. The molecule has 3 aromatic rings. The number of amides is 1. The molecule has 0 bridgehead atoms. The van der Waals surface area contributed by atoms with Gasteiger partial charge in [0.2, 0.25) is 5.91 Å². The Morgan fingerprint density at radius 2 is 1.85 bits per heavy atom. The van der Waals surface area contributed by atoms with E-state index in [9.17, 15) is 9.59 Å². The lowest BCUT2D eigenvalue weighted by molar-refractivity contribution is -0.126. The highest BCUT2D eigenvalue weighted by Crippen LogP contribution is 2.23. The zero-order valence-corrected chi connectivity index (χ0v) is 20.5. The smallest absolute Gasteiger partial charge is 0.271 e. The first-order valence-corrected chi connectivity index (χ1v) is 12.2. The lowest BCUT2D eigenvalue weighted by atomic mass is 9.95. The minimum absolute atomic E-state index is 0.00256. The van der Waals surface area contributed by atoms with Crippen LogP contribution in [0.3, 0.4) is 0 Å². The van der Waals surface area contributed by atoms with Crippen molar-refractivity contribution in [3.63, 3.8) is 0 Å². The monoisotopic (exact) mass is 478 g/mol. The Morgan fingerprint density at radius 3 is 2.56 bits per heavy atom. The van der Waals surface area contributed by atoms with Gasteiger partial charge >= 0.3 is 0 Å². The molecule has 178 valence electrons. The van der Waals surface area contributed by atoms with E-state index in [4.69, 9.17) is 11.6 Å². The van der Waals surface area contributed by atoms with Gasteiger partial charge in [-0.2, -0.15) is 4.68 Å². The molecule has 6 nitrogen and oxygen atoms in total. The summed E-state index contributed by atoms with van der Waals surface area (Å²) in [5.74, 6) is 0.857. The summed E-state index contributed by atoms with van der Waals surface area (Å²) in [6.07, 6.45) is 3.39. The van der Waals surface area contributed by atoms with Crippen molar-refractivity contribution in [2.24, 2.45) is 5.92 Å². The minimum Gasteiger partial charge on any atom is -0.355 e. The average Bonchev–Trinajstić information content (AvgIpc) is 2.85. The Kier molecular flexibility index (Phi) is 7.68. The Labute approximate surface area is 205 Å². The molecule has 1 aromatic heterocycles. The fourth-order valence-corrected chi connectivity index (χ4v) is 4.47. The number of nitrogens with zero attached hydrogens (tertiary/aromatic N) is 3. The van der Waals surface area contributed by atoms with Gasteiger partial charge in [-0.1, -0.05) is 48.0 Å². The van der Waals surface area contributed by atoms with Gasteiger partial charge in [0.1, 0.15) is 5.82 Å². The van der Waals surface area contributed by atoms with Gasteiger partial charge in [0, 0.05) is 36.1 Å². The zero-order valence-electron chi connectivity index (χ0n) is 19.7. The van der Waals surface area contributed by atoms with Crippen molar-refractivity contribution >= 4 is 23.3 Å². The first-order chi connectivity index (χ1) is 16.4. The summed E-state index contributed by atoms with van der Waals surface area (Å²) in [7, 11) is 0. The van der Waals surface area contributed by atoms with Gasteiger partial charge in [0.15, 0.2) is 0 Å². The van der Waals surface area contributed by atoms with Crippen LogP contribution >= 0.6 is 11.6 Å². The van der Waals surface area contributed by atoms with Crippen molar-refractivity contribution in [3.8, 4) is 5.69 Å². The molecule has 34 heavy (non-hydrogen) atoms. The standard InChI is InChI=1S/C27H31ClN4O2/c1-19-8-11-23(18-24(19)28)32-26(33)13-12-25(30-32)31-16-14-22(15-17-31)27(34)29-20(2)9-10-21-6-4-3-5-7-21/h3-8,11-13,18,20,22H,9-10,14-17H2,1-2H3,(H,29,34)/t20-/m0/s1. The molecule has 0 aliphatic carbocycles. The maximum atomic E-state index is 12.8. The Hall–Kier alpha value is -3.12. The molecule has 0 radical (unpaired) electrons. The van der Waals surface area contributed by atoms with Crippen molar-refractivity contribution in [1.29, 1.82) is 0 Å². The van der Waals surface area contributed by atoms with Crippen molar-refractivity contribution in [1.82, 2.24) is 15.1 Å². The average molecular weight is 479 g/mol. The molecule has 1 saturated heterocycles. The Bertz CT molecular complexity index is 1190. The number of piperidine rings is 1. The number of anilines is 1. The number of aromatic nitrogens is 2. The number of nitrogens with one attached hydrogen (secondary N) is 1. The molecule has 1 N–H and O–H groups in total. The van der Waals surface area contributed by atoms with E-state index in [1.54, 1.807) is 12.1 Å². The van der Waals surface area contributed by atoms with Crippen LogP contribution in [0.4, 0.5) is 5.82 Å².